The summed E-state index contributed by atoms with van der Waals surface area (Å²) in [5.74, 6) is 1.37. The molecule has 4 heteroatoms. The molecule has 0 saturated heterocycles. The van der Waals surface area contributed by atoms with Crippen LogP contribution in [0.1, 0.15) is 48.1 Å². The average Bonchev–Trinajstić information content (AvgIpc) is 2.48. The molecule has 1 N–H and O–H groups in total. The summed E-state index contributed by atoms with van der Waals surface area (Å²) in [5, 5.41) is 3.43. The molecule has 0 fully saturated rings. The van der Waals surface area contributed by atoms with Gasteiger partial charge in [-0.1, -0.05) is 48.0 Å². The Hall–Kier alpha value is -1.26. The molecule has 0 bridgehead atoms. The van der Waals surface area contributed by atoms with Crippen molar-refractivity contribution < 1.29 is 0 Å². The molecule has 3 nitrogen and oxygen atoms in total. The molecule has 0 unspecified atom stereocenters. The van der Waals surface area contributed by atoms with Gasteiger partial charge < -0.3 is 5.32 Å². The summed E-state index contributed by atoms with van der Waals surface area (Å²) in [4.78, 5) is 9.67. The van der Waals surface area contributed by atoms with Gasteiger partial charge in [0.15, 0.2) is 0 Å². The number of aromatic nitrogens is 2. The van der Waals surface area contributed by atoms with Crippen LogP contribution in [0.4, 0.5) is 0 Å². The Labute approximate surface area is 134 Å². The molecule has 1 aliphatic rings. The second kappa shape index (κ2) is 6.24. The van der Waals surface area contributed by atoms with Crippen molar-refractivity contribution in [1.82, 2.24) is 15.3 Å². The SMILES string of the molecule is CC(C)c1nc(Cc2ccccc2Br)nc2c1CNCC2. The first-order chi connectivity index (χ1) is 10.1. The zero-order chi connectivity index (χ0) is 14.8. The predicted molar refractivity (Wildman–Crippen MR) is 88.5 cm³/mol. The van der Waals surface area contributed by atoms with Gasteiger partial charge in [-0.2, -0.15) is 0 Å². The molecule has 0 saturated carbocycles. The third kappa shape index (κ3) is 3.16. The van der Waals surface area contributed by atoms with E-state index in [4.69, 9.17) is 9.97 Å². The summed E-state index contributed by atoms with van der Waals surface area (Å²) in [6.07, 6.45) is 1.78. The molecule has 2 heterocycles. The fourth-order valence-electron chi connectivity index (χ4n) is 2.79. The van der Waals surface area contributed by atoms with Gasteiger partial charge in [0.2, 0.25) is 0 Å². The molecule has 1 aliphatic heterocycles. The van der Waals surface area contributed by atoms with E-state index in [1.165, 1.54) is 22.5 Å². The third-order valence-corrected chi connectivity index (χ3v) is 4.64. The molecule has 0 radical (unpaired) electrons. The quantitative estimate of drug-likeness (QED) is 0.923. The molecule has 0 aliphatic carbocycles. The topological polar surface area (TPSA) is 37.8 Å². The Morgan fingerprint density at radius 1 is 1.24 bits per heavy atom. The molecule has 2 aromatic rings. The van der Waals surface area contributed by atoms with Crippen molar-refractivity contribution in [3.8, 4) is 0 Å². The van der Waals surface area contributed by atoms with Gasteiger partial charge in [-0.05, 0) is 17.5 Å². The summed E-state index contributed by atoms with van der Waals surface area (Å²) >= 11 is 3.61. The van der Waals surface area contributed by atoms with E-state index in [-0.39, 0.29) is 0 Å². The highest BCUT2D eigenvalue weighted by Gasteiger charge is 2.19. The molecule has 1 aromatic carbocycles. The monoisotopic (exact) mass is 345 g/mol. The highest BCUT2D eigenvalue weighted by Crippen LogP contribution is 2.24. The second-order valence-electron chi connectivity index (χ2n) is 5.80. The van der Waals surface area contributed by atoms with Crippen LogP contribution in [0.25, 0.3) is 0 Å². The number of nitrogens with zero attached hydrogens (tertiary/aromatic N) is 2. The Morgan fingerprint density at radius 3 is 2.81 bits per heavy atom. The van der Waals surface area contributed by atoms with Crippen molar-refractivity contribution in [3.05, 3.63) is 57.1 Å². The zero-order valence-electron chi connectivity index (χ0n) is 12.5. The number of benzene rings is 1. The van der Waals surface area contributed by atoms with E-state index >= 15 is 0 Å². The third-order valence-electron chi connectivity index (χ3n) is 3.86. The second-order valence-corrected chi connectivity index (χ2v) is 6.65. The van der Waals surface area contributed by atoms with E-state index in [2.05, 4.69) is 53.3 Å². The van der Waals surface area contributed by atoms with Gasteiger partial charge in [-0.25, -0.2) is 9.97 Å². The molecule has 21 heavy (non-hydrogen) atoms. The van der Waals surface area contributed by atoms with Crippen LogP contribution < -0.4 is 5.32 Å². The molecule has 0 spiro atoms. The molecule has 1 aromatic heterocycles. The van der Waals surface area contributed by atoms with Crippen LogP contribution in [0.2, 0.25) is 0 Å². The minimum absolute atomic E-state index is 0.430. The minimum Gasteiger partial charge on any atom is -0.312 e. The number of rotatable bonds is 3. The van der Waals surface area contributed by atoms with E-state index < -0.39 is 0 Å². The van der Waals surface area contributed by atoms with E-state index in [0.29, 0.717) is 5.92 Å². The Morgan fingerprint density at radius 2 is 2.05 bits per heavy atom. The summed E-state index contributed by atoms with van der Waals surface area (Å²) in [6, 6.07) is 8.29. The van der Waals surface area contributed by atoms with Gasteiger partial charge in [0.25, 0.3) is 0 Å². The molecule has 3 rings (SSSR count). The van der Waals surface area contributed by atoms with Gasteiger partial charge in [0.05, 0.1) is 11.4 Å². The standard InChI is InChI=1S/C17H20BrN3/c1-11(2)17-13-10-19-8-7-15(13)20-16(21-17)9-12-5-3-4-6-14(12)18/h3-6,11,19H,7-10H2,1-2H3. The lowest BCUT2D eigenvalue weighted by Crippen LogP contribution is -2.27. The molecule has 0 amide bonds. The lowest BCUT2D eigenvalue weighted by molar-refractivity contribution is 0.602. The molecule has 110 valence electrons. The highest BCUT2D eigenvalue weighted by atomic mass is 79.9. The first-order valence-electron chi connectivity index (χ1n) is 7.48. The van der Waals surface area contributed by atoms with Crippen LogP contribution in [-0.2, 0) is 19.4 Å². The number of halogens is 1. The smallest absolute Gasteiger partial charge is 0.133 e. The number of nitrogens with one attached hydrogen (secondary N) is 1. The van der Waals surface area contributed by atoms with Crippen LogP contribution >= 0.6 is 15.9 Å². The fourth-order valence-corrected chi connectivity index (χ4v) is 3.22. The first-order valence-corrected chi connectivity index (χ1v) is 8.27. The zero-order valence-corrected chi connectivity index (χ0v) is 14.1. The molecule has 0 atom stereocenters. The highest BCUT2D eigenvalue weighted by molar-refractivity contribution is 9.10. The lowest BCUT2D eigenvalue weighted by Gasteiger charge is -2.22. The van der Waals surface area contributed by atoms with Gasteiger partial charge in [-0.15, -0.1) is 0 Å². The van der Waals surface area contributed by atoms with Crippen LogP contribution in [0.5, 0.6) is 0 Å². The first kappa shape index (κ1) is 14.7. The number of hydrogen-bond acceptors (Lipinski definition) is 3. The van der Waals surface area contributed by atoms with Crippen molar-refractivity contribution in [2.45, 2.75) is 39.2 Å². The normalized spacial score (nSPS) is 14.3. The molecular weight excluding hydrogens is 326 g/mol. The Balaban J connectivity index is 1.99. The van der Waals surface area contributed by atoms with Gasteiger partial charge in [-0.3, -0.25) is 0 Å². The van der Waals surface area contributed by atoms with Crippen molar-refractivity contribution in [2.24, 2.45) is 0 Å². The van der Waals surface area contributed by atoms with E-state index in [9.17, 15) is 0 Å². The van der Waals surface area contributed by atoms with E-state index in [0.717, 1.165) is 36.2 Å². The number of fused-ring (bicyclic) bond motifs is 1. The largest absolute Gasteiger partial charge is 0.312 e. The number of hydrogen-bond donors (Lipinski definition) is 1. The van der Waals surface area contributed by atoms with Gasteiger partial charge in [0, 0.05) is 36.0 Å². The van der Waals surface area contributed by atoms with Crippen LogP contribution in [0, 0.1) is 0 Å². The Kier molecular flexibility index (Phi) is 4.36. The fraction of sp³-hybridized carbons (Fsp3) is 0.412. The van der Waals surface area contributed by atoms with Crippen molar-refractivity contribution >= 4 is 15.9 Å². The molecular formula is C17H20BrN3. The average molecular weight is 346 g/mol. The van der Waals surface area contributed by atoms with Crippen molar-refractivity contribution in [2.75, 3.05) is 6.54 Å². The summed E-state index contributed by atoms with van der Waals surface area (Å²) in [6.45, 7) is 6.33. The maximum Gasteiger partial charge on any atom is 0.133 e. The van der Waals surface area contributed by atoms with Gasteiger partial charge >= 0.3 is 0 Å². The summed E-state index contributed by atoms with van der Waals surface area (Å²) in [7, 11) is 0. The summed E-state index contributed by atoms with van der Waals surface area (Å²) < 4.78 is 1.12. The van der Waals surface area contributed by atoms with Crippen LogP contribution in [-0.4, -0.2) is 16.5 Å². The lowest BCUT2D eigenvalue weighted by atomic mass is 9.98. The maximum atomic E-state index is 4.85. The maximum absolute atomic E-state index is 4.85. The van der Waals surface area contributed by atoms with Crippen LogP contribution in [0.3, 0.4) is 0 Å². The van der Waals surface area contributed by atoms with E-state index in [1.807, 2.05) is 6.07 Å². The van der Waals surface area contributed by atoms with Crippen molar-refractivity contribution in [1.29, 1.82) is 0 Å². The van der Waals surface area contributed by atoms with E-state index in [1.54, 1.807) is 0 Å². The van der Waals surface area contributed by atoms with Crippen molar-refractivity contribution in [3.63, 3.8) is 0 Å². The minimum atomic E-state index is 0.430. The van der Waals surface area contributed by atoms with Gasteiger partial charge in [0.1, 0.15) is 5.82 Å². The predicted octanol–water partition coefficient (Wildman–Crippen LogP) is 3.60. The summed E-state index contributed by atoms with van der Waals surface area (Å²) in [5.41, 5.74) is 4.98. The Bertz CT molecular complexity index is 652. The van der Waals surface area contributed by atoms with Crippen LogP contribution in [0.15, 0.2) is 28.7 Å².